The molecule has 25 nitrogen and oxygen atoms in total. The molecule has 0 spiro atoms. The Kier molecular flexibility index (Phi) is 20.7. The van der Waals surface area contributed by atoms with Crippen molar-refractivity contribution in [3.05, 3.63) is 66.9 Å². The van der Waals surface area contributed by atoms with Gasteiger partial charge >= 0.3 is 30.1 Å². The van der Waals surface area contributed by atoms with Gasteiger partial charge in [0, 0.05) is 18.6 Å². The SMILES string of the molecule is CN(C)C(On1nnc2cccnc21)=[N+](C)C.CN(C)C(On1nnc2cccnc21)=[N+](C)C.CN(C)C(On1nnc2cccnc21)=[N+](C)C.FCC(F)(F)C(F)=C(F)F.O=P([O-])([O-])[O-]. The molecule has 0 amide bonds. The van der Waals surface area contributed by atoms with Crippen LogP contribution < -0.4 is 29.2 Å². The van der Waals surface area contributed by atoms with Crippen molar-refractivity contribution < 1.29 is 73.8 Å². The quantitative estimate of drug-likeness (QED) is 0.0605. The Morgan fingerprint density at radius 3 is 1.05 bits per heavy atom. The van der Waals surface area contributed by atoms with Crippen molar-refractivity contribution in [2.75, 3.05) is 91.2 Å². The number of halogens is 6. The van der Waals surface area contributed by atoms with Crippen LogP contribution in [0.15, 0.2) is 66.9 Å². The number of phosphoric acid groups is 1. The summed E-state index contributed by atoms with van der Waals surface area (Å²) in [5, 5.41) is 23.6. The van der Waals surface area contributed by atoms with Crippen LogP contribution in [0.4, 0.5) is 26.3 Å². The zero-order valence-electron chi connectivity index (χ0n) is 37.5. The number of aromatic nitrogens is 12. The second-order valence-electron chi connectivity index (χ2n) is 13.8. The Labute approximate surface area is 372 Å². The summed E-state index contributed by atoms with van der Waals surface area (Å²) in [5.41, 5.74) is 3.87. The van der Waals surface area contributed by atoms with E-state index in [9.17, 15) is 26.3 Å². The van der Waals surface area contributed by atoms with Crippen LogP contribution in [0, 0.1) is 0 Å². The number of rotatable bonds is 5. The first-order chi connectivity index (χ1) is 30.7. The van der Waals surface area contributed by atoms with Crippen LogP contribution in [0.5, 0.6) is 0 Å². The summed E-state index contributed by atoms with van der Waals surface area (Å²) in [6.45, 7) is -2.46. The summed E-state index contributed by atoms with van der Waals surface area (Å²) in [7, 11) is 17.3. The molecular formula is C34H47F6N18O7P. The van der Waals surface area contributed by atoms with Crippen LogP contribution in [0.25, 0.3) is 33.5 Å². The van der Waals surface area contributed by atoms with Gasteiger partial charge in [0.2, 0.25) is 22.8 Å². The van der Waals surface area contributed by atoms with E-state index >= 15 is 0 Å². The number of allylic oxidation sites excluding steroid dienone is 1. The van der Waals surface area contributed by atoms with Crippen LogP contribution in [0.3, 0.4) is 0 Å². The molecule has 0 aliphatic rings. The molecule has 0 radical (unpaired) electrons. The Bertz CT molecular complexity index is 2420. The smallest absolute Gasteiger partial charge is 0.472 e. The highest BCUT2D eigenvalue weighted by Crippen LogP contribution is 2.29. The van der Waals surface area contributed by atoms with Gasteiger partial charge in [0.1, 0.15) is 16.6 Å². The summed E-state index contributed by atoms with van der Waals surface area (Å²) < 4.78 is 81.5. The highest BCUT2D eigenvalue weighted by atomic mass is 31.2. The van der Waals surface area contributed by atoms with Crippen LogP contribution in [-0.4, -0.2) is 204 Å². The van der Waals surface area contributed by atoms with E-state index in [0.717, 1.165) is 0 Å². The lowest BCUT2D eigenvalue weighted by Crippen LogP contribution is -2.39. The summed E-state index contributed by atoms with van der Waals surface area (Å²) in [6.07, 6.45) is 1.84. The van der Waals surface area contributed by atoms with Crippen molar-refractivity contribution in [2.24, 2.45) is 0 Å². The van der Waals surface area contributed by atoms with E-state index in [1.54, 1.807) is 18.6 Å². The van der Waals surface area contributed by atoms with Gasteiger partial charge in [0.05, 0.1) is 84.6 Å². The van der Waals surface area contributed by atoms with Crippen LogP contribution in [0.2, 0.25) is 0 Å². The molecule has 0 aromatic carbocycles. The van der Waals surface area contributed by atoms with Gasteiger partial charge in [-0.3, -0.25) is 14.5 Å². The molecule has 0 saturated carbocycles. The largest absolute Gasteiger partial charge is 0.822 e. The summed E-state index contributed by atoms with van der Waals surface area (Å²) in [4.78, 5) is 64.6. The minimum Gasteiger partial charge on any atom is -0.822 e. The Morgan fingerprint density at radius 1 is 0.606 bits per heavy atom. The number of fused-ring (bicyclic) bond motifs is 3. The number of nitrogens with zero attached hydrogens (tertiary/aromatic N) is 18. The van der Waals surface area contributed by atoms with Gasteiger partial charge < -0.3 is 19.2 Å². The molecule has 0 atom stereocenters. The molecular weight excluding hydrogens is 917 g/mol. The van der Waals surface area contributed by atoms with E-state index in [-0.39, 0.29) is 0 Å². The van der Waals surface area contributed by atoms with Crippen molar-refractivity contribution in [3.63, 3.8) is 0 Å². The molecule has 0 saturated heterocycles. The standard InChI is InChI=1S/3C10H15N6O.C4H2F6.H3O4P/c3*1-14(2)10(15(3)4)17-16-9-8(12-13-16)6-5-7-11-9;5-1-4(9,10)2(6)3(7)8;1-5(2,3)4/h3*5-7H,1-4H3;1H2;(H3,1,2,3,4)/q3*+1;;/p-3. The Balaban J connectivity index is 0.000000297. The second kappa shape index (κ2) is 24.8. The Morgan fingerprint density at radius 2 is 0.864 bits per heavy atom. The van der Waals surface area contributed by atoms with Crippen molar-refractivity contribution in [3.8, 4) is 0 Å². The van der Waals surface area contributed by atoms with E-state index < -0.39 is 32.3 Å². The fraction of sp³-hybridized carbons (Fsp3) is 0.412. The van der Waals surface area contributed by atoms with Gasteiger partial charge in [-0.05, 0) is 66.6 Å². The van der Waals surface area contributed by atoms with Gasteiger partial charge in [-0.1, -0.05) is 0 Å². The normalized spacial score (nSPS) is 10.6. The second-order valence-corrected chi connectivity index (χ2v) is 14.7. The van der Waals surface area contributed by atoms with E-state index in [4.69, 9.17) is 33.8 Å². The lowest BCUT2D eigenvalue weighted by atomic mass is 10.3. The maximum atomic E-state index is 11.5. The fourth-order valence-corrected chi connectivity index (χ4v) is 4.54. The van der Waals surface area contributed by atoms with E-state index in [1.807, 2.05) is 149 Å². The zero-order valence-corrected chi connectivity index (χ0v) is 38.4. The summed E-state index contributed by atoms with van der Waals surface area (Å²) in [6, 6.07) is 12.9. The summed E-state index contributed by atoms with van der Waals surface area (Å²) >= 11 is 0. The van der Waals surface area contributed by atoms with E-state index in [0.29, 0.717) is 51.6 Å². The zero-order chi connectivity index (χ0) is 50.1. The van der Waals surface area contributed by atoms with Gasteiger partial charge in [-0.15, -0.1) is 15.3 Å². The third-order valence-electron chi connectivity index (χ3n) is 7.00. The molecule has 6 aromatic rings. The predicted molar refractivity (Wildman–Crippen MR) is 217 cm³/mol. The van der Waals surface area contributed by atoms with Crippen LogP contribution in [0.1, 0.15) is 0 Å². The average Bonchev–Trinajstić information content (AvgIpc) is 3.97. The van der Waals surface area contributed by atoms with Gasteiger partial charge in [0.25, 0.3) is 0 Å². The molecule has 32 heteroatoms. The van der Waals surface area contributed by atoms with Gasteiger partial charge in [0.15, 0.2) is 6.67 Å². The van der Waals surface area contributed by atoms with Crippen LogP contribution in [-0.2, 0) is 4.57 Å². The van der Waals surface area contributed by atoms with Crippen molar-refractivity contribution in [1.82, 2.24) is 75.1 Å². The molecule has 0 unspecified atom stereocenters. The molecule has 0 aliphatic heterocycles. The number of hydrogen-bond donors (Lipinski definition) is 0. The predicted octanol–water partition coefficient (Wildman–Crippen LogP) is -1.82. The first-order valence-corrected chi connectivity index (χ1v) is 19.7. The first kappa shape index (κ1) is 55.0. The molecule has 0 N–H and O–H groups in total. The van der Waals surface area contributed by atoms with Crippen molar-refractivity contribution in [1.29, 1.82) is 0 Å². The molecule has 6 aromatic heterocycles. The summed E-state index contributed by atoms with van der Waals surface area (Å²) in [5.74, 6) is -7.69. The maximum absolute atomic E-state index is 11.5. The van der Waals surface area contributed by atoms with Gasteiger partial charge in [-0.2, -0.15) is 29.8 Å². The van der Waals surface area contributed by atoms with E-state index in [1.165, 1.54) is 14.5 Å². The number of amidine groups is 3. The highest BCUT2D eigenvalue weighted by Gasteiger charge is 2.39. The average molecular weight is 965 g/mol. The lowest BCUT2D eigenvalue weighted by Gasteiger charge is -2.36. The van der Waals surface area contributed by atoms with Gasteiger partial charge in [-0.25, -0.2) is 47.8 Å². The highest BCUT2D eigenvalue weighted by molar-refractivity contribution is 7.40. The monoisotopic (exact) mass is 964 g/mol. The first-order valence-electron chi connectivity index (χ1n) is 18.3. The van der Waals surface area contributed by atoms with Crippen molar-refractivity contribution in [2.45, 2.75) is 5.92 Å². The maximum Gasteiger partial charge on any atom is 0.472 e. The fourth-order valence-electron chi connectivity index (χ4n) is 4.54. The molecule has 362 valence electrons. The minimum absolute atomic E-state index is 0.591. The molecule has 0 bridgehead atoms. The molecule has 0 aliphatic carbocycles. The molecule has 6 heterocycles. The molecule has 66 heavy (non-hydrogen) atoms. The van der Waals surface area contributed by atoms with Crippen molar-refractivity contribution >= 4 is 59.4 Å². The lowest BCUT2D eigenvalue weighted by molar-refractivity contribution is -0.480. The van der Waals surface area contributed by atoms with E-state index in [2.05, 4.69) is 45.9 Å². The number of pyridine rings is 3. The third-order valence-corrected chi connectivity index (χ3v) is 7.00. The number of hydrogen-bond acceptors (Lipinski definition) is 16. The van der Waals surface area contributed by atoms with Crippen LogP contribution >= 0.6 is 7.82 Å². The number of alkyl halides is 3. The molecule has 0 fully saturated rings. The minimum atomic E-state index is -5.39. The third kappa shape index (κ3) is 17.1. The Hall–Kier alpha value is -7.11. The molecule has 6 rings (SSSR count). The topological polar surface area (TPSA) is 263 Å².